The molecule has 0 aliphatic rings. The van der Waals surface area contributed by atoms with Gasteiger partial charge in [0.1, 0.15) is 0 Å². The predicted octanol–water partition coefficient (Wildman–Crippen LogP) is 0.0854. The Kier molecular flexibility index (Phi) is 4.52. The molecule has 0 aliphatic heterocycles. The zero-order valence-corrected chi connectivity index (χ0v) is 8.22. The molecule has 4 heteroatoms. The molecule has 0 spiro atoms. The van der Waals surface area contributed by atoms with Crippen LogP contribution in [0, 0.1) is 0 Å². The van der Waals surface area contributed by atoms with Crippen molar-refractivity contribution in [3.63, 3.8) is 0 Å². The first-order valence-corrected chi connectivity index (χ1v) is 4.67. The van der Waals surface area contributed by atoms with E-state index in [1.807, 2.05) is 25.1 Å². The minimum Gasteiger partial charge on any atom is -0.394 e. The van der Waals surface area contributed by atoms with E-state index in [0.717, 1.165) is 5.69 Å². The van der Waals surface area contributed by atoms with Gasteiger partial charge in [0.05, 0.1) is 18.4 Å². The molecule has 0 saturated heterocycles. The largest absolute Gasteiger partial charge is 0.394 e. The highest BCUT2D eigenvalue weighted by atomic mass is 16.3. The molecule has 78 valence electrons. The third-order valence-electron chi connectivity index (χ3n) is 2.00. The molecule has 2 atom stereocenters. The van der Waals surface area contributed by atoms with Gasteiger partial charge in [0, 0.05) is 18.8 Å². The van der Waals surface area contributed by atoms with Crippen LogP contribution in [0.5, 0.6) is 0 Å². The molecule has 0 aliphatic carbocycles. The average molecular weight is 196 g/mol. The number of pyridine rings is 1. The summed E-state index contributed by atoms with van der Waals surface area (Å²) >= 11 is 0. The molecular weight excluding hydrogens is 180 g/mol. The van der Waals surface area contributed by atoms with Crippen molar-refractivity contribution >= 4 is 0 Å². The van der Waals surface area contributed by atoms with E-state index >= 15 is 0 Å². The van der Waals surface area contributed by atoms with E-state index in [4.69, 9.17) is 10.2 Å². The summed E-state index contributed by atoms with van der Waals surface area (Å²) in [6.07, 6.45) is 1.02. The molecule has 3 N–H and O–H groups in total. The first-order valence-electron chi connectivity index (χ1n) is 4.67. The van der Waals surface area contributed by atoms with Crippen molar-refractivity contribution in [1.82, 2.24) is 10.3 Å². The van der Waals surface area contributed by atoms with E-state index in [1.165, 1.54) is 0 Å². The summed E-state index contributed by atoms with van der Waals surface area (Å²) < 4.78 is 0. The van der Waals surface area contributed by atoms with E-state index in [-0.39, 0.29) is 12.6 Å². The fraction of sp³-hybridized carbons (Fsp3) is 0.500. The van der Waals surface area contributed by atoms with Crippen LogP contribution < -0.4 is 5.32 Å². The summed E-state index contributed by atoms with van der Waals surface area (Å²) in [5.41, 5.74) is 0.928. The van der Waals surface area contributed by atoms with Crippen molar-refractivity contribution in [2.45, 2.75) is 19.1 Å². The maximum Gasteiger partial charge on any atom is 0.0895 e. The van der Waals surface area contributed by atoms with Crippen molar-refractivity contribution in [3.8, 4) is 0 Å². The molecule has 0 bridgehead atoms. The molecule has 1 rings (SSSR count). The molecule has 1 unspecified atom stereocenters. The third-order valence-corrected chi connectivity index (χ3v) is 2.00. The Balaban J connectivity index is 2.39. The zero-order valence-electron chi connectivity index (χ0n) is 8.22. The molecular formula is C10H16N2O2. The Hall–Kier alpha value is -0.970. The first-order chi connectivity index (χ1) is 6.74. The Bertz CT molecular complexity index is 254. The number of rotatable bonds is 5. The topological polar surface area (TPSA) is 65.4 Å². The third kappa shape index (κ3) is 3.41. The van der Waals surface area contributed by atoms with Gasteiger partial charge in [-0.15, -0.1) is 0 Å². The minimum atomic E-state index is -0.707. The molecule has 1 heterocycles. The maximum atomic E-state index is 9.12. The number of nitrogens with zero attached hydrogens (tertiary/aromatic N) is 1. The number of aliphatic hydroxyl groups is 2. The summed E-state index contributed by atoms with van der Waals surface area (Å²) in [7, 11) is 0. The van der Waals surface area contributed by atoms with Gasteiger partial charge in [0.2, 0.25) is 0 Å². The molecule has 0 radical (unpaired) electrons. The van der Waals surface area contributed by atoms with Crippen LogP contribution in [0.15, 0.2) is 24.4 Å². The van der Waals surface area contributed by atoms with Crippen molar-refractivity contribution < 1.29 is 10.2 Å². The van der Waals surface area contributed by atoms with Gasteiger partial charge in [0.15, 0.2) is 0 Å². The lowest BCUT2D eigenvalue weighted by atomic mass is 10.2. The van der Waals surface area contributed by atoms with Crippen LogP contribution in [0.25, 0.3) is 0 Å². The van der Waals surface area contributed by atoms with Crippen molar-refractivity contribution in [2.24, 2.45) is 0 Å². The van der Waals surface area contributed by atoms with Crippen LogP contribution in [0.3, 0.4) is 0 Å². The van der Waals surface area contributed by atoms with E-state index in [9.17, 15) is 0 Å². The quantitative estimate of drug-likeness (QED) is 0.624. The zero-order chi connectivity index (χ0) is 10.4. The second kappa shape index (κ2) is 5.70. The van der Waals surface area contributed by atoms with Gasteiger partial charge >= 0.3 is 0 Å². The van der Waals surface area contributed by atoms with E-state index in [0.29, 0.717) is 6.54 Å². The van der Waals surface area contributed by atoms with E-state index < -0.39 is 6.10 Å². The number of aromatic nitrogens is 1. The van der Waals surface area contributed by atoms with Crippen molar-refractivity contribution in [3.05, 3.63) is 30.1 Å². The Morgan fingerprint density at radius 3 is 2.86 bits per heavy atom. The molecule has 0 amide bonds. The summed E-state index contributed by atoms with van der Waals surface area (Å²) in [5, 5.41) is 20.8. The number of aliphatic hydroxyl groups excluding tert-OH is 2. The predicted molar refractivity (Wildman–Crippen MR) is 53.7 cm³/mol. The molecule has 0 saturated carbocycles. The van der Waals surface area contributed by atoms with Gasteiger partial charge in [-0.2, -0.15) is 0 Å². The van der Waals surface area contributed by atoms with Crippen LogP contribution >= 0.6 is 0 Å². The molecule has 14 heavy (non-hydrogen) atoms. The highest BCUT2D eigenvalue weighted by Gasteiger charge is 2.07. The monoisotopic (exact) mass is 196 g/mol. The van der Waals surface area contributed by atoms with Crippen LogP contribution in [0.2, 0.25) is 0 Å². The van der Waals surface area contributed by atoms with E-state index in [2.05, 4.69) is 10.3 Å². The van der Waals surface area contributed by atoms with Crippen LogP contribution in [0.1, 0.15) is 18.7 Å². The van der Waals surface area contributed by atoms with Gasteiger partial charge in [-0.1, -0.05) is 6.07 Å². The van der Waals surface area contributed by atoms with Crippen LogP contribution in [0.4, 0.5) is 0 Å². The first kappa shape index (κ1) is 11.1. The minimum absolute atomic E-state index is 0.0809. The SMILES string of the molecule is C[C@@H](NCC(O)CO)c1ccccn1. The Morgan fingerprint density at radius 1 is 1.50 bits per heavy atom. The lowest BCUT2D eigenvalue weighted by Gasteiger charge is -2.15. The highest BCUT2D eigenvalue weighted by Crippen LogP contribution is 2.07. The average Bonchev–Trinajstić information content (AvgIpc) is 2.26. The van der Waals surface area contributed by atoms with Crippen LogP contribution in [-0.2, 0) is 0 Å². The second-order valence-corrected chi connectivity index (χ2v) is 3.22. The molecule has 1 aromatic rings. The van der Waals surface area contributed by atoms with Gasteiger partial charge in [-0.25, -0.2) is 0 Å². The Morgan fingerprint density at radius 2 is 2.29 bits per heavy atom. The maximum absolute atomic E-state index is 9.12. The number of hydrogen-bond donors (Lipinski definition) is 3. The second-order valence-electron chi connectivity index (χ2n) is 3.22. The van der Waals surface area contributed by atoms with Gasteiger partial charge in [-0.05, 0) is 19.1 Å². The van der Waals surface area contributed by atoms with Crippen molar-refractivity contribution in [2.75, 3.05) is 13.2 Å². The molecule has 4 nitrogen and oxygen atoms in total. The molecule has 1 aromatic heterocycles. The highest BCUT2D eigenvalue weighted by molar-refractivity contribution is 5.07. The summed E-state index contributed by atoms with van der Waals surface area (Å²) in [6.45, 7) is 2.11. The fourth-order valence-corrected chi connectivity index (χ4v) is 1.11. The smallest absolute Gasteiger partial charge is 0.0895 e. The van der Waals surface area contributed by atoms with Gasteiger partial charge in [0.25, 0.3) is 0 Å². The summed E-state index contributed by atoms with van der Waals surface area (Å²) in [4.78, 5) is 4.18. The van der Waals surface area contributed by atoms with Crippen molar-refractivity contribution in [1.29, 1.82) is 0 Å². The number of nitrogens with one attached hydrogen (secondary N) is 1. The normalized spacial score (nSPS) is 15.1. The standard InChI is InChI=1S/C10H16N2O2/c1-8(12-6-9(14)7-13)10-4-2-3-5-11-10/h2-5,8-9,12-14H,6-7H2,1H3/t8-,9?/m1/s1. The van der Waals surface area contributed by atoms with E-state index in [1.54, 1.807) is 6.20 Å². The Labute approximate surface area is 83.6 Å². The fourth-order valence-electron chi connectivity index (χ4n) is 1.11. The van der Waals surface area contributed by atoms with Crippen LogP contribution in [-0.4, -0.2) is 34.5 Å². The summed E-state index contributed by atoms with van der Waals surface area (Å²) in [5.74, 6) is 0. The lowest BCUT2D eigenvalue weighted by molar-refractivity contribution is 0.0922. The van der Waals surface area contributed by atoms with Gasteiger partial charge in [-0.3, -0.25) is 4.98 Å². The molecule has 0 fully saturated rings. The molecule has 0 aromatic carbocycles. The summed E-state index contributed by atoms with van der Waals surface area (Å²) in [6, 6.07) is 5.78. The lowest BCUT2D eigenvalue weighted by Crippen LogP contribution is -2.31. The van der Waals surface area contributed by atoms with Gasteiger partial charge < -0.3 is 15.5 Å². The number of hydrogen-bond acceptors (Lipinski definition) is 4.